The lowest BCUT2D eigenvalue weighted by Gasteiger charge is -2.07. The molecule has 0 spiro atoms. The Morgan fingerprint density at radius 3 is 2.83 bits per heavy atom. The number of halogens is 1. The van der Waals surface area contributed by atoms with Gasteiger partial charge in [-0.25, -0.2) is 9.97 Å². The minimum absolute atomic E-state index is 0.146. The molecule has 0 saturated carbocycles. The number of carbonyl (C=O) groups excluding carboxylic acids is 1. The monoisotopic (exact) mass is 438 g/mol. The molecule has 0 atom stereocenters. The Balaban J connectivity index is 1.38. The highest BCUT2D eigenvalue weighted by molar-refractivity contribution is 7.15. The van der Waals surface area contributed by atoms with Crippen molar-refractivity contribution in [2.75, 3.05) is 5.32 Å². The number of benzene rings is 2. The second-order valence-electron chi connectivity index (χ2n) is 6.91. The Hall–Kier alpha value is -3.03. The third kappa shape index (κ3) is 4.42. The largest absolute Gasteiger partial charge is 0.302 e. The van der Waals surface area contributed by atoms with E-state index in [4.69, 9.17) is 11.6 Å². The molecule has 1 amide bonds. The summed E-state index contributed by atoms with van der Waals surface area (Å²) in [5.41, 5.74) is 2.51. The van der Waals surface area contributed by atoms with Gasteiger partial charge in [-0.1, -0.05) is 41.9 Å². The number of rotatable bonds is 6. The van der Waals surface area contributed by atoms with Gasteiger partial charge in [0.15, 0.2) is 5.13 Å². The second-order valence-corrected chi connectivity index (χ2v) is 8.43. The number of fused-ring (bicyclic) bond motifs is 1. The van der Waals surface area contributed by atoms with Gasteiger partial charge in [-0.05, 0) is 30.2 Å². The number of aromatic nitrogens is 3. The fourth-order valence-electron chi connectivity index (χ4n) is 3.18. The highest BCUT2D eigenvalue weighted by atomic mass is 35.5. The predicted molar refractivity (Wildman–Crippen MR) is 120 cm³/mol. The van der Waals surface area contributed by atoms with Gasteiger partial charge in [0.05, 0.1) is 17.2 Å². The van der Waals surface area contributed by atoms with Gasteiger partial charge >= 0.3 is 0 Å². The molecule has 0 fully saturated rings. The summed E-state index contributed by atoms with van der Waals surface area (Å²) in [7, 11) is 0. The van der Waals surface area contributed by atoms with Crippen LogP contribution in [0.25, 0.3) is 10.9 Å². The predicted octanol–water partition coefficient (Wildman–Crippen LogP) is 4.43. The van der Waals surface area contributed by atoms with E-state index < -0.39 is 0 Å². The van der Waals surface area contributed by atoms with Gasteiger partial charge in [0.1, 0.15) is 0 Å². The molecule has 4 aromatic rings. The molecule has 30 heavy (non-hydrogen) atoms. The molecule has 6 nitrogen and oxygen atoms in total. The van der Waals surface area contributed by atoms with Crippen molar-refractivity contribution in [1.29, 1.82) is 0 Å². The number of para-hydroxylation sites is 1. The summed E-state index contributed by atoms with van der Waals surface area (Å²) in [6, 6.07) is 13.2. The number of hydrogen-bond donors (Lipinski definition) is 1. The van der Waals surface area contributed by atoms with E-state index in [1.807, 2.05) is 43.3 Å². The lowest BCUT2D eigenvalue weighted by atomic mass is 10.1. The van der Waals surface area contributed by atoms with Gasteiger partial charge in [0.2, 0.25) is 5.91 Å². The summed E-state index contributed by atoms with van der Waals surface area (Å²) < 4.78 is 1.46. The van der Waals surface area contributed by atoms with Crippen molar-refractivity contribution in [3.8, 4) is 0 Å². The number of hydrogen-bond acceptors (Lipinski definition) is 5. The first-order valence-electron chi connectivity index (χ1n) is 9.44. The van der Waals surface area contributed by atoms with Crippen molar-refractivity contribution in [3.05, 3.63) is 86.4 Å². The second kappa shape index (κ2) is 8.77. The van der Waals surface area contributed by atoms with Crippen molar-refractivity contribution in [1.82, 2.24) is 14.5 Å². The molecule has 0 saturated heterocycles. The van der Waals surface area contributed by atoms with Crippen molar-refractivity contribution in [3.63, 3.8) is 0 Å². The standard InChI is InChI=1S/C22H19ClN4O2S/c1-14-5-4-7-17-20(14)25-13-27(21(17)29)10-9-19(28)26-22-24-12-16(30-22)11-15-6-2-3-8-18(15)23/h2-8,12-13H,9-11H2,1H3,(H,24,26,28). The van der Waals surface area contributed by atoms with Crippen molar-refractivity contribution in [2.45, 2.75) is 26.3 Å². The lowest BCUT2D eigenvalue weighted by molar-refractivity contribution is -0.116. The molecule has 1 N–H and O–H groups in total. The van der Waals surface area contributed by atoms with Crippen molar-refractivity contribution < 1.29 is 4.79 Å². The summed E-state index contributed by atoms with van der Waals surface area (Å²) in [4.78, 5) is 34.6. The van der Waals surface area contributed by atoms with E-state index in [0.29, 0.717) is 27.5 Å². The average molecular weight is 439 g/mol. The SMILES string of the molecule is Cc1cccc2c(=O)n(CCC(=O)Nc3ncc(Cc4ccccc4Cl)s3)cnc12. The molecule has 2 aromatic heterocycles. The van der Waals surface area contributed by atoms with E-state index in [9.17, 15) is 9.59 Å². The molecule has 2 heterocycles. The quantitative estimate of drug-likeness (QED) is 0.483. The normalized spacial score (nSPS) is 11.0. The summed E-state index contributed by atoms with van der Waals surface area (Å²) in [6.45, 7) is 2.17. The highest BCUT2D eigenvalue weighted by Crippen LogP contribution is 2.24. The maximum Gasteiger partial charge on any atom is 0.261 e. The maximum atomic E-state index is 12.6. The van der Waals surface area contributed by atoms with Crippen molar-refractivity contribution in [2.24, 2.45) is 0 Å². The number of amides is 1. The Morgan fingerprint density at radius 2 is 2.00 bits per heavy atom. The fraction of sp³-hybridized carbons (Fsp3) is 0.182. The van der Waals surface area contributed by atoms with Crippen LogP contribution in [0.1, 0.15) is 22.4 Å². The van der Waals surface area contributed by atoms with Crippen LogP contribution in [-0.2, 0) is 17.8 Å². The molecular weight excluding hydrogens is 420 g/mol. The third-order valence-corrected chi connectivity index (χ3v) is 6.04. The number of thiazole rings is 1. The topological polar surface area (TPSA) is 76.9 Å². The maximum absolute atomic E-state index is 12.6. The van der Waals surface area contributed by atoms with Crippen LogP contribution in [0.15, 0.2) is 59.8 Å². The molecule has 0 aliphatic heterocycles. The number of nitrogens with one attached hydrogen (secondary N) is 1. The molecule has 0 aliphatic rings. The zero-order chi connectivity index (χ0) is 21.1. The smallest absolute Gasteiger partial charge is 0.261 e. The molecule has 8 heteroatoms. The van der Waals surface area contributed by atoms with E-state index in [2.05, 4.69) is 15.3 Å². The zero-order valence-electron chi connectivity index (χ0n) is 16.3. The first-order valence-corrected chi connectivity index (χ1v) is 10.6. The molecule has 0 aliphatic carbocycles. The molecule has 0 unspecified atom stereocenters. The highest BCUT2D eigenvalue weighted by Gasteiger charge is 2.11. The van der Waals surface area contributed by atoms with Gasteiger partial charge in [0.25, 0.3) is 5.56 Å². The van der Waals surface area contributed by atoms with E-state index in [1.54, 1.807) is 12.3 Å². The first kappa shape index (κ1) is 20.3. The van der Waals surface area contributed by atoms with Crippen LogP contribution < -0.4 is 10.9 Å². The van der Waals surface area contributed by atoms with Crippen LogP contribution in [-0.4, -0.2) is 20.4 Å². The molecule has 2 aromatic carbocycles. The van der Waals surface area contributed by atoms with Crippen LogP contribution >= 0.6 is 22.9 Å². The Labute approximate surface area is 182 Å². The van der Waals surface area contributed by atoms with Gasteiger partial charge in [-0.3, -0.25) is 14.2 Å². The Bertz CT molecular complexity index is 1280. The molecule has 0 bridgehead atoms. The van der Waals surface area contributed by atoms with E-state index in [1.165, 1.54) is 22.2 Å². The third-order valence-electron chi connectivity index (χ3n) is 4.76. The summed E-state index contributed by atoms with van der Waals surface area (Å²) in [5, 5.41) is 4.59. The minimum Gasteiger partial charge on any atom is -0.302 e. The number of carbonyl (C=O) groups is 1. The lowest BCUT2D eigenvalue weighted by Crippen LogP contribution is -2.23. The number of aryl methyl sites for hydroxylation is 2. The van der Waals surface area contributed by atoms with E-state index in [0.717, 1.165) is 16.0 Å². The summed E-state index contributed by atoms with van der Waals surface area (Å²) in [6.07, 6.45) is 4.04. The van der Waals surface area contributed by atoms with E-state index in [-0.39, 0.29) is 24.4 Å². The fourth-order valence-corrected chi connectivity index (χ4v) is 4.23. The molecular formula is C22H19ClN4O2S. The van der Waals surface area contributed by atoms with Crippen molar-refractivity contribution >= 4 is 44.9 Å². The Kier molecular flexibility index (Phi) is 5.92. The van der Waals surface area contributed by atoms with Crippen LogP contribution in [0, 0.1) is 6.92 Å². The Morgan fingerprint density at radius 1 is 1.17 bits per heavy atom. The number of nitrogens with zero attached hydrogens (tertiary/aromatic N) is 3. The minimum atomic E-state index is -0.204. The van der Waals surface area contributed by atoms with Gasteiger partial charge in [-0.2, -0.15) is 0 Å². The average Bonchev–Trinajstić information content (AvgIpc) is 3.16. The molecule has 4 rings (SSSR count). The van der Waals surface area contributed by atoms with Crippen LogP contribution in [0.2, 0.25) is 5.02 Å². The van der Waals surface area contributed by atoms with Crippen LogP contribution in [0.4, 0.5) is 5.13 Å². The summed E-state index contributed by atoms with van der Waals surface area (Å²) in [5.74, 6) is -0.204. The zero-order valence-corrected chi connectivity index (χ0v) is 17.8. The molecule has 152 valence electrons. The van der Waals surface area contributed by atoms with Crippen LogP contribution in [0.3, 0.4) is 0 Å². The summed E-state index contributed by atoms with van der Waals surface area (Å²) >= 11 is 7.61. The first-order chi connectivity index (χ1) is 14.5. The number of anilines is 1. The van der Waals surface area contributed by atoms with Gasteiger partial charge in [0, 0.05) is 35.5 Å². The van der Waals surface area contributed by atoms with Gasteiger partial charge in [-0.15, -0.1) is 11.3 Å². The van der Waals surface area contributed by atoms with Crippen LogP contribution in [0.5, 0.6) is 0 Å². The van der Waals surface area contributed by atoms with E-state index >= 15 is 0 Å². The molecule has 0 radical (unpaired) electrons. The van der Waals surface area contributed by atoms with Gasteiger partial charge < -0.3 is 5.32 Å².